The molecule has 0 aliphatic carbocycles. The van der Waals surface area contributed by atoms with Crippen LogP contribution in [-0.2, 0) is 9.67 Å². The first-order valence-electron chi connectivity index (χ1n) is 4.63. The standard InChI is InChI=1S/C10H7ClF3NOS/c11-7-3-1-6(2-4-7)9(10(12,13)14)15-8(16)5-17-9/h1-4H,5H2,(H,15,16)/t9-/m1/s1. The van der Waals surface area contributed by atoms with Crippen molar-refractivity contribution in [3.8, 4) is 0 Å². The van der Waals surface area contributed by atoms with Gasteiger partial charge in [0.05, 0.1) is 5.75 Å². The number of hydrogen-bond donors (Lipinski definition) is 1. The summed E-state index contributed by atoms with van der Waals surface area (Å²) in [5.74, 6) is -0.829. The van der Waals surface area contributed by atoms with E-state index in [4.69, 9.17) is 11.6 Å². The number of halogens is 4. The van der Waals surface area contributed by atoms with Crippen LogP contribution in [0.4, 0.5) is 13.2 Å². The predicted octanol–water partition coefficient (Wildman–Crippen LogP) is 2.92. The van der Waals surface area contributed by atoms with Crippen molar-refractivity contribution in [1.29, 1.82) is 0 Å². The van der Waals surface area contributed by atoms with Crippen molar-refractivity contribution < 1.29 is 18.0 Å². The van der Waals surface area contributed by atoms with E-state index in [2.05, 4.69) is 0 Å². The van der Waals surface area contributed by atoms with Crippen molar-refractivity contribution in [2.45, 2.75) is 11.0 Å². The molecule has 0 bridgehead atoms. The van der Waals surface area contributed by atoms with Gasteiger partial charge in [-0.25, -0.2) is 0 Å². The van der Waals surface area contributed by atoms with Crippen molar-refractivity contribution in [2.24, 2.45) is 0 Å². The summed E-state index contributed by atoms with van der Waals surface area (Å²) in [5.41, 5.74) is -0.0229. The molecule has 0 spiro atoms. The Hall–Kier alpha value is -0.880. The van der Waals surface area contributed by atoms with Crippen molar-refractivity contribution >= 4 is 29.3 Å². The smallest absolute Gasteiger partial charge is 0.329 e. The number of benzene rings is 1. The van der Waals surface area contributed by atoms with Gasteiger partial charge in [-0.3, -0.25) is 4.79 Å². The van der Waals surface area contributed by atoms with Crippen LogP contribution in [0.25, 0.3) is 0 Å². The highest BCUT2D eigenvalue weighted by atomic mass is 35.5. The molecule has 2 nitrogen and oxygen atoms in total. The van der Waals surface area contributed by atoms with E-state index < -0.39 is 17.0 Å². The number of hydrogen-bond acceptors (Lipinski definition) is 2. The van der Waals surface area contributed by atoms with E-state index in [1.807, 2.05) is 5.32 Å². The summed E-state index contributed by atoms with van der Waals surface area (Å²) in [7, 11) is 0. The van der Waals surface area contributed by atoms with Crippen LogP contribution in [0.1, 0.15) is 5.56 Å². The van der Waals surface area contributed by atoms with Crippen molar-refractivity contribution in [3.05, 3.63) is 34.9 Å². The van der Waals surface area contributed by atoms with Crippen LogP contribution in [0.3, 0.4) is 0 Å². The molecule has 1 aromatic rings. The second-order valence-electron chi connectivity index (χ2n) is 3.52. The molecule has 2 rings (SSSR count). The lowest BCUT2D eigenvalue weighted by Crippen LogP contribution is -2.49. The van der Waals surface area contributed by atoms with Crippen molar-refractivity contribution in [2.75, 3.05) is 5.75 Å². The number of carbonyl (C=O) groups is 1. The summed E-state index contributed by atoms with van der Waals surface area (Å²) in [6, 6.07) is 5.29. The quantitative estimate of drug-likeness (QED) is 0.857. The van der Waals surface area contributed by atoms with Crippen LogP contribution in [0.2, 0.25) is 5.02 Å². The van der Waals surface area contributed by atoms with Crippen molar-refractivity contribution in [3.63, 3.8) is 0 Å². The first kappa shape index (κ1) is 12.6. The highest BCUT2D eigenvalue weighted by Crippen LogP contribution is 2.50. The van der Waals surface area contributed by atoms with E-state index in [0.717, 1.165) is 0 Å². The Morgan fingerprint density at radius 2 is 1.88 bits per heavy atom. The Bertz CT molecular complexity index is 448. The van der Waals surface area contributed by atoms with Gasteiger partial charge in [0.15, 0.2) is 0 Å². The monoisotopic (exact) mass is 281 g/mol. The maximum absolute atomic E-state index is 13.1. The second kappa shape index (κ2) is 4.10. The summed E-state index contributed by atoms with van der Waals surface area (Å²) >= 11 is 6.17. The number of amides is 1. The molecule has 1 atom stereocenters. The molecule has 17 heavy (non-hydrogen) atoms. The van der Waals surface area contributed by atoms with Gasteiger partial charge in [-0.15, -0.1) is 11.8 Å². The van der Waals surface area contributed by atoms with Gasteiger partial charge in [0.25, 0.3) is 0 Å². The van der Waals surface area contributed by atoms with E-state index in [1.54, 1.807) is 0 Å². The molecule has 1 aliphatic rings. The van der Waals surface area contributed by atoms with Crippen LogP contribution < -0.4 is 5.32 Å². The largest absolute Gasteiger partial charge is 0.425 e. The molecule has 0 unspecified atom stereocenters. The zero-order valence-electron chi connectivity index (χ0n) is 8.34. The van der Waals surface area contributed by atoms with Crippen LogP contribution in [-0.4, -0.2) is 17.8 Å². The molecular weight excluding hydrogens is 275 g/mol. The molecule has 1 fully saturated rings. The van der Waals surface area contributed by atoms with E-state index in [1.165, 1.54) is 24.3 Å². The molecule has 1 amide bonds. The lowest BCUT2D eigenvalue weighted by Gasteiger charge is -2.30. The average Bonchev–Trinajstić information content (AvgIpc) is 2.62. The first-order valence-corrected chi connectivity index (χ1v) is 5.99. The Labute approximate surface area is 105 Å². The number of nitrogens with one attached hydrogen (secondary N) is 1. The van der Waals surface area contributed by atoms with E-state index in [-0.39, 0.29) is 11.3 Å². The molecule has 0 saturated carbocycles. The Morgan fingerprint density at radius 3 is 2.29 bits per heavy atom. The van der Waals surface area contributed by atoms with Crippen molar-refractivity contribution in [1.82, 2.24) is 5.32 Å². The Kier molecular flexibility index (Phi) is 3.03. The third-order valence-electron chi connectivity index (χ3n) is 2.39. The zero-order chi connectivity index (χ0) is 12.7. The van der Waals surface area contributed by atoms with Gasteiger partial charge in [-0.2, -0.15) is 13.2 Å². The van der Waals surface area contributed by atoms with E-state index >= 15 is 0 Å². The number of alkyl halides is 3. The summed E-state index contributed by atoms with van der Waals surface area (Å²) in [6.45, 7) is 0. The van der Waals surface area contributed by atoms with Gasteiger partial charge < -0.3 is 5.32 Å². The highest BCUT2D eigenvalue weighted by molar-refractivity contribution is 8.01. The van der Waals surface area contributed by atoms with Gasteiger partial charge in [0.2, 0.25) is 10.8 Å². The van der Waals surface area contributed by atoms with Gasteiger partial charge in [-0.05, 0) is 17.7 Å². The fourth-order valence-corrected chi connectivity index (χ4v) is 2.80. The molecule has 0 aromatic heterocycles. The van der Waals surface area contributed by atoms with Gasteiger partial charge in [-0.1, -0.05) is 23.7 Å². The van der Waals surface area contributed by atoms with E-state index in [9.17, 15) is 18.0 Å². The fourth-order valence-electron chi connectivity index (χ4n) is 1.60. The minimum atomic E-state index is -4.56. The van der Waals surface area contributed by atoms with Crippen LogP contribution >= 0.6 is 23.4 Å². The number of rotatable bonds is 1. The Morgan fingerprint density at radius 1 is 1.29 bits per heavy atom. The molecule has 1 aromatic carbocycles. The molecule has 92 valence electrons. The zero-order valence-corrected chi connectivity index (χ0v) is 9.92. The van der Waals surface area contributed by atoms with Crippen LogP contribution in [0, 0.1) is 0 Å². The maximum atomic E-state index is 13.1. The first-order chi connectivity index (χ1) is 7.85. The molecule has 0 radical (unpaired) electrons. The summed E-state index contributed by atoms with van der Waals surface area (Å²) in [4.78, 5) is 8.74. The van der Waals surface area contributed by atoms with Gasteiger partial charge in [0.1, 0.15) is 0 Å². The second-order valence-corrected chi connectivity index (χ2v) is 5.15. The molecule has 1 heterocycles. The average molecular weight is 282 g/mol. The minimum absolute atomic E-state index is 0.0229. The Balaban J connectivity index is 2.48. The molecule has 1 aliphatic heterocycles. The lowest BCUT2D eigenvalue weighted by molar-refractivity contribution is -0.171. The summed E-state index contributed by atoms with van der Waals surface area (Å²) in [6.07, 6.45) is -4.56. The highest BCUT2D eigenvalue weighted by Gasteiger charge is 2.60. The molecule has 1 N–H and O–H groups in total. The maximum Gasteiger partial charge on any atom is 0.425 e. The lowest BCUT2D eigenvalue weighted by atomic mass is 10.1. The topological polar surface area (TPSA) is 29.1 Å². The SMILES string of the molecule is O=C1CS[C@](c2ccc(Cl)cc2)(C(F)(F)F)N1. The van der Waals surface area contributed by atoms with Gasteiger partial charge in [0, 0.05) is 5.02 Å². The fraction of sp³-hybridized carbons (Fsp3) is 0.300. The predicted molar refractivity (Wildman–Crippen MR) is 59.8 cm³/mol. The summed E-state index contributed by atoms with van der Waals surface area (Å²) in [5, 5.41) is 2.35. The summed E-state index contributed by atoms with van der Waals surface area (Å²) < 4.78 is 39.3. The molecular formula is C10H7ClF3NOS. The number of thioether (sulfide) groups is 1. The minimum Gasteiger partial charge on any atom is -0.329 e. The normalized spacial score (nSPS) is 24.8. The van der Waals surface area contributed by atoms with Crippen LogP contribution in [0.5, 0.6) is 0 Å². The van der Waals surface area contributed by atoms with Gasteiger partial charge >= 0.3 is 6.18 Å². The number of carbonyl (C=O) groups excluding carboxylic acids is 1. The van der Waals surface area contributed by atoms with E-state index in [0.29, 0.717) is 16.8 Å². The molecule has 7 heteroatoms. The third kappa shape index (κ3) is 2.11. The third-order valence-corrected chi connectivity index (χ3v) is 4.05. The molecule has 1 saturated heterocycles. The van der Waals surface area contributed by atoms with Crippen LogP contribution in [0.15, 0.2) is 24.3 Å².